The van der Waals surface area contributed by atoms with Gasteiger partial charge in [0, 0.05) is 17.5 Å². The van der Waals surface area contributed by atoms with Gasteiger partial charge in [-0.25, -0.2) is 0 Å². The fourth-order valence-electron chi connectivity index (χ4n) is 4.47. The van der Waals surface area contributed by atoms with E-state index < -0.39 is 0 Å². The van der Waals surface area contributed by atoms with Gasteiger partial charge in [-0.2, -0.15) is 0 Å². The summed E-state index contributed by atoms with van der Waals surface area (Å²) in [4.78, 5) is 12.6. The molecular formula is C22H28ClN3O2. The van der Waals surface area contributed by atoms with Crippen molar-refractivity contribution in [3.63, 3.8) is 0 Å². The maximum Gasteiger partial charge on any atom is 0.287 e. The lowest BCUT2D eigenvalue weighted by atomic mass is 9.74. The highest BCUT2D eigenvalue weighted by Gasteiger charge is 2.42. The Bertz CT molecular complexity index is 925. The van der Waals surface area contributed by atoms with Crippen molar-refractivity contribution in [2.75, 3.05) is 11.9 Å². The van der Waals surface area contributed by atoms with E-state index in [9.17, 15) is 4.79 Å². The molecule has 150 valence electrons. The molecule has 0 unspecified atom stereocenters. The Balaban J connectivity index is 1.77. The highest BCUT2D eigenvalue weighted by molar-refractivity contribution is 6.34. The summed E-state index contributed by atoms with van der Waals surface area (Å²) < 4.78 is 6.12. The number of hydrogen-bond acceptors (Lipinski definition) is 4. The molecule has 28 heavy (non-hydrogen) atoms. The topological polar surface area (TPSA) is 66.3 Å². The molecule has 2 heterocycles. The van der Waals surface area contributed by atoms with Crippen LogP contribution >= 0.6 is 11.6 Å². The largest absolute Gasteiger partial charge is 0.450 e. The zero-order chi connectivity index (χ0) is 19.9. The van der Waals surface area contributed by atoms with Crippen molar-refractivity contribution in [1.29, 1.82) is 0 Å². The number of hydrogen-bond donors (Lipinski definition) is 3. The second-order valence-electron chi connectivity index (χ2n) is 8.45. The minimum absolute atomic E-state index is 0.180. The summed E-state index contributed by atoms with van der Waals surface area (Å²) >= 11 is 6.62. The van der Waals surface area contributed by atoms with Crippen molar-refractivity contribution >= 4 is 34.2 Å². The van der Waals surface area contributed by atoms with E-state index in [1.165, 1.54) is 6.42 Å². The number of amides is 1. The third kappa shape index (κ3) is 3.37. The van der Waals surface area contributed by atoms with Gasteiger partial charge in [0.25, 0.3) is 5.91 Å². The zero-order valence-electron chi connectivity index (χ0n) is 16.6. The molecule has 4 rings (SSSR count). The number of fused-ring (bicyclic) bond motifs is 4. The van der Waals surface area contributed by atoms with Crippen LogP contribution < -0.4 is 16.0 Å². The predicted octanol–water partition coefficient (Wildman–Crippen LogP) is 5.51. The minimum Gasteiger partial charge on any atom is -0.450 e. The summed E-state index contributed by atoms with van der Waals surface area (Å²) in [6.07, 6.45) is 6.42. The molecule has 1 aromatic heterocycles. The van der Waals surface area contributed by atoms with Gasteiger partial charge in [-0.05, 0) is 37.3 Å². The molecule has 1 saturated carbocycles. The molecule has 1 aliphatic heterocycles. The Hall–Kier alpha value is -2.14. The molecule has 2 aromatic rings. The van der Waals surface area contributed by atoms with Crippen molar-refractivity contribution in [3.05, 3.63) is 40.9 Å². The molecule has 1 amide bonds. The van der Waals surface area contributed by atoms with E-state index in [1.54, 1.807) is 6.07 Å². The van der Waals surface area contributed by atoms with E-state index in [0.29, 0.717) is 23.2 Å². The molecule has 2 aliphatic rings. The number of benzene rings is 1. The van der Waals surface area contributed by atoms with Gasteiger partial charge in [-0.1, -0.05) is 51.3 Å². The molecule has 1 fully saturated rings. The van der Waals surface area contributed by atoms with E-state index in [4.69, 9.17) is 16.0 Å². The average Bonchev–Trinajstić information content (AvgIpc) is 3.05. The van der Waals surface area contributed by atoms with Crippen LogP contribution in [0.5, 0.6) is 0 Å². The Morgan fingerprint density at radius 3 is 2.79 bits per heavy atom. The fourth-order valence-corrected chi connectivity index (χ4v) is 4.72. The van der Waals surface area contributed by atoms with Crippen LogP contribution in [0.4, 0.5) is 5.69 Å². The lowest BCUT2D eigenvalue weighted by molar-refractivity contribution is 0.0926. The monoisotopic (exact) mass is 401 g/mol. The van der Waals surface area contributed by atoms with Crippen LogP contribution in [-0.2, 0) is 5.54 Å². The van der Waals surface area contributed by atoms with Gasteiger partial charge >= 0.3 is 0 Å². The van der Waals surface area contributed by atoms with E-state index >= 15 is 0 Å². The third-order valence-corrected chi connectivity index (χ3v) is 6.14. The summed E-state index contributed by atoms with van der Waals surface area (Å²) in [6.45, 7) is 9.00. The summed E-state index contributed by atoms with van der Waals surface area (Å²) in [5.41, 5.74) is 2.37. The molecule has 1 spiro atoms. The SMILES string of the molecule is C=C1Nc2c(Cl)cc3cc(C(=O)NCCC(C)C)oc3c2C2(CCCCC2)N1. The standard InChI is InChI=1S/C22H28ClN3O2/c1-13(2)7-10-24-21(27)17-12-15-11-16(23)19-18(20(15)28-17)22(26-14(3)25-19)8-5-4-6-9-22/h11-13,25-26H,3-10H2,1-2H3,(H,24,27). The fraction of sp³-hybridized carbons (Fsp3) is 0.500. The van der Waals surface area contributed by atoms with E-state index in [2.05, 4.69) is 36.4 Å². The summed E-state index contributed by atoms with van der Waals surface area (Å²) in [5, 5.41) is 11.3. The number of rotatable bonds is 4. The first kappa shape index (κ1) is 19.2. The van der Waals surface area contributed by atoms with Gasteiger partial charge in [-0.15, -0.1) is 0 Å². The lowest BCUT2D eigenvalue weighted by Crippen LogP contribution is -2.48. The molecule has 0 bridgehead atoms. The normalized spacial score (nSPS) is 18.1. The lowest BCUT2D eigenvalue weighted by Gasteiger charge is -2.44. The van der Waals surface area contributed by atoms with Crippen molar-refractivity contribution in [1.82, 2.24) is 10.6 Å². The third-order valence-electron chi connectivity index (χ3n) is 5.84. The van der Waals surface area contributed by atoms with Gasteiger partial charge < -0.3 is 20.4 Å². The Morgan fingerprint density at radius 2 is 2.07 bits per heavy atom. The van der Waals surface area contributed by atoms with Crippen molar-refractivity contribution in [2.24, 2.45) is 5.92 Å². The molecule has 6 heteroatoms. The average molecular weight is 402 g/mol. The summed E-state index contributed by atoms with van der Waals surface area (Å²) in [6, 6.07) is 3.67. The second-order valence-corrected chi connectivity index (χ2v) is 8.85. The summed E-state index contributed by atoms with van der Waals surface area (Å²) in [7, 11) is 0. The van der Waals surface area contributed by atoms with Crippen molar-refractivity contribution in [2.45, 2.75) is 57.9 Å². The van der Waals surface area contributed by atoms with Crippen LogP contribution in [0, 0.1) is 5.92 Å². The molecule has 1 aromatic carbocycles. The maximum atomic E-state index is 12.6. The number of carbonyl (C=O) groups excluding carboxylic acids is 1. The van der Waals surface area contributed by atoms with Crippen molar-refractivity contribution < 1.29 is 9.21 Å². The van der Waals surface area contributed by atoms with E-state index in [-0.39, 0.29) is 11.4 Å². The Labute approximate surface area is 170 Å². The highest BCUT2D eigenvalue weighted by Crippen LogP contribution is 2.49. The molecule has 5 nitrogen and oxygen atoms in total. The highest BCUT2D eigenvalue weighted by atomic mass is 35.5. The molecule has 0 radical (unpaired) electrons. The van der Waals surface area contributed by atoms with Gasteiger partial charge in [0.15, 0.2) is 5.76 Å². The maximum absolute atomic E-state index is 12.6. The summed E-state index contributed by atoms with van der Waals surface area (Å²) in [5.74, 6) is 1.45. The minimum atomic E-state index is -0.248. The molecule has 3 N–H and O–H groups in total. The number of anilines is 1. The van der Waals surface area contributed by atoms with Gasteiger partial charge in [0.2, 0.25) is 0 Å². The Kier molecular flexibility index (Phi) is 5.04. The van der Waals surface area contributed by atoms with Crippen LogP contribution in [0.1, 0.15) is 68.5 Å². The number of halogens is 1. The molecule has 0 atom stereocenters. The second kappa shape index (κ2) is 7.36. The molecule has 1 aliphatic carbocycles. The quantitative estimate of drug-likeness (QED) is 0.632. The number of furan rings is 1. The van der Waals surface area contributed by atoms with Crippen LogP contribution in [0.25, 0.3) is 11.0 Å². The smallest absolute Gasteiger partial charge is 0.287 e. The first-order chi connectivity index (χ1) is 13.4. The van der Waals surface area contributed by atoms with Gasteiger partial charge in [0.05, 0.1) is 22.1 Å². The first-order valence-electron chi connectivity index (χ1n) is 10.2. The van der Waals surface area contributed by atoms with E-state index in [0.717, 1.165) is 60.1 Å². The number of carbonyl (C=O) groups is 1. The van der Waals surface area contributed by atoms with Crippen LogP contribution in [-0.4, -0.2) is 12.5 Å². The van der Waals surface area contributed by atoms with Gasteiger partial charge in [-0.3, -0.25) is 4.79 Å². The number of nitrogens with one attached hydrogen (secondary N) is 3. The zero-order valence-corrected chi connectivity index (χ0v) is 17.3. The first-order valence-corrected chi connectivity index (χ1v) is 10.6. The van der Waals surface area contributed by atoms with Crippen LogP contribution in [0.15, 0.2) is 28.9 Å². The molecular weight excluding hydrogens is 374 g/mol. The molecule has 0 saturated heterocycles. The van der Waals surface area contributed by atoms with E-state index in [1.807, 2.05) is 6.07 Å². The Morgan fingerprint density at radius 1 is 1.32 bits per heavy atom. The van der Waals surface area contributed by atoms with Crippen LogP contribution in [0.3, 0.4) is 0 Å². The predicted molar refractivity (Wildman–Crippen MR) is 114 cm³/mol. The van der Waals surface area contributed by atoms with Gasteiger partial charge in [0.1, 0.15) is 5.58 Å². The van der Waals surface area contributed by atoms with Crippen LogP contribution in [0.2, 0.25) is 5.02 Å². The van der Waals surface area contributed by atoms with Crippen molar-refractivity contribution in [3.8, 4) is 0 Å².